The Kier molecular flexibility index (Phi) is 11.8. The number of carbonyl (C=O) groups is 1. The van der Waals surface area contributed by atoms with Gasteiger partial charge in [0.25, 0.3) is 0 Å². The first-order chi connectivity index (χ1) is 23.8. The lowest BCUT2D eigenvalue weighted by Crippen LogP contribution is -2.25. The van der Waals surface area contributed by atoms with Crippen LogP contribution in [0.5, 0.6) is 11.5 Å². The SMILES string of the molecule is COc1ccc(C(C)C)cc1-c1ccc(C(F)(F)F)cc1CN(Cc1cc(C(F)(F)F)cc(C(F)(F)F)c1)c1ccc(OCCCC(=O)O)cn1. The van der Waals surface area contributed by atoms with Crippen LogP contribution >= 0.6 is 0 Å². The zero-order valence-corrected chi connectivity index (χ0v) is 27.5. The van der Waals surface area contributed by atoms with E-state index in [0.29, 0.717) is 23.4 Å². The molecule has 0 saturated carbocycles. The number of alkyl halides is 9. The largest absolute Gasteiger partial charge is 0.496 e. The molecule has 1 heterocycles. The van der Waals surface area contributed by atoms with E-state index in [1.54, 1.807) is 18.2 Å². The number of benzene rings is 3. The van der Waals surface area contributed by atoms with Crippen molar-refractivity contribution in [2.75, 3.05) is 18.6 Å². The summed E-state index contributed by atoms with van der Waals surface area (Å²) in [5.41, 5.74) is -3.01. The predicted octanol–water partition coefficient (Wildman–Crippen LogP) is 10.4. The third-order valence-electron chi connectivity index (χ3n) is 7.84. The molecule has 0 unspecified atom stereocenters. The summed E-state index contributed by atoms with van der Waals surface area (Å²) in [6.07, 6.45) is -13.8. The van der Waals surface area contributed by atoms with Crippen LogP contribution in [0.25, 0.3) is 11.1 Å². The third kappa shape index (κ3) is 10.3. The molecule has 4 aromatic rings. The number of hydrogen-bond donors (Lipinski definition) is 1. The average Bonchev–Trinajstić information content (AvgIpc) is 3.05. The lowest BCUT2D eigenvalue weighted by atomic mass is 9.92. The fourth-order valence-corrected chi connectivity index (χ4v) is 5.27. The van der Waals surface area contributed by atoms with Gasteiger partial charge in [-0.25, -0.2) is 4.98 Å². The molecule has 0 spiro atoms. The lowest BCUT2D eigenvalue weighted by molar-refractivity contribution is -0.143. The maximum Gasteiger partial charge on any atom is 0.416 e. The third-order valence-corrected chi connectivity index (χ3v) is 7.84. The number of methoxy groups -OCH3 is 1. The predicted molar refractivity (Wildman–Crippen MR) is 170 cm³/mol. The number of hydrogen-bond acceptors (Lipinski definition) is 5. The molecule has 1 aromatic heterocycles. The van der Waals surface area contributed by atoms with Crippen molar-refractivity contribution in [3.63, 3.8) is 0 Å². The number of halogens is 9. The number of carboxylic acid groups (broad SMARTS) is 1. The minimum Gasteiger partial charge on any atom is -0.496 e. The van der Waals surface area contributed by atoms with Gasteiger partial charge in [0, 0.05) is 25.1 Å². The number of anilines is 1. The van der Waals surface area contributed by atoms with Crippen molar-refractivity contribution in [2.45, 2.75) is 64.2 Å². The van der Waals surface area contributed by atoms with E-state index in [1.807, 2.05) is 13.8 Å². The Hall–Kier alpha value is -4.95. The smallest absolute Gasteiger partial charge is 0.416 e. The van der Waals surface area contributed by atoms with E-state index in [9.17, 15) is 44.3 Å². The quantitative estimate of drug-likeness (QED) is 0.109. The maximum atomic E-state index is 14.0. The van der Waals surface area contributed by atoms with Gasteiger partial charge < -0.3 is 19.5 Å². The number of pyridine rings is 1. The molecule has 0 amide bonds. The van der Waals surface area contributed by atoms with Gasteiger partial charge in [0.1, 0.15) is 17.3 Å². The van der Waals surface area contributed by atoms with Crippen molar-refractivity contribution >= 4 is 11.8 Å². The van der Waals surface area contributed by atoms with Gasteiger partial charge in [-0.1, -0.05) is 26.0 Å². The van der Waals surface area contributed by atoms with E-state index >= 15 is 0 Å². The van der Waals surface area contributed by atoms with Crippen LogP contribution in [0.2, 0.25) is 0 Å². The molecule has 274 valence electrons. The van der Waals surface area contributed by atoms with E-state index < -0.39 is 59.8 Å². The summed E-state index contributed by atoms with van der Waals surface area (Å²) in [7, 11) is 1.38. The Morgan fingerprint density at radius 1 is 0.784 bits per heavy atom. The van der Waals surface area contributed by atoms with Crippen molar-refractivity contribution in [1.29, 1.82) is 0 Å². The van der Waals surface area contributed by atoms with Crippen molar-refractivity contribution < 1.29 is 58.9 Å². The summed E-state index contributed by atoms with van der Waals surface area (Å²) in [6, 6.07) is 12.0. The fourth-order valence-electron chi connectivity index (χ4n) is 5.27. The Balaban J connectivity index is 1.87. The zero-order valence-electron chi connectivity index (χ0n) is 27.5. The van der Waals surface area contributed by atoms with Gasteiger partial charge in [0.15, 0.2) is 0 Å². The zero-order chi connectivity index (χ0) is 37.7. The van der Waals surface area contributed by atoms with E-state index in [0.717, 1.165) is 17.7 Å². The monoisotopic (exact) mass is 728 g/mol. The average molecular weight is 729 g/mol. The summed E-state index contributed by atoms with van der Waals surface area (Å²) >= 11 is 0. The van der Waals surface area contributed by atoms with Crippen molar-refractivity contribution in [3.05, 3.63) is 106 Å². The highest BCUT2D eigenvalue weighted by molar-refractivity contribution is 5.75. The lowest BCUT2D eigenvalue weighted by Gasteiger charge is -2.27. The van der Waals surface area contributed by atoms with Gasteiger partial charge >= 0.3 is 24.5 Å². The van der Waals surface area contributed by atoms with Crippen LogP contribution in [0.15, 0.2) is 72.9 Å². The molecule has 0 radical (unpaired) electrons. The summed E-state index contributed by atoms with van der Waals surface area (Å²) in [6.45, 7) is 2.76. The first-order valence-corrected chi connectivity index (χ1v) is 15.5. The summed E-state index contributed by atoms with van der Waals surface area (Å²) in [4.78, 5) is 16.3. The molecule has 0 fully saturated rings. The first kappa shape index (κ1) is 38.8. The normalized spacial score (nSPS) is 12.3. The van der Waals surface area contributed by atoms with E-state index in [2.05, 4.69) is 4.98 Å². The van der Waals surface area contributed by atoms with E-state index in [-0.39, 0.29) is 54.1 Å². The number of rotatable bonds is 13. The maximum absolute atomic E-state index is 14.0. The van der Waals surface area contributed by atoms with Gasteiger partial charge in [-0.15, -0.1) is 0 Å². The van der Waals surface area contributed by atoms with Crippen LogP contribution in [-0.2, 0) is 36.4 Å². The Morgan fingerprint density at radius 2 is 1.43 bits per heavy atom. The molecule has 51 heavy (non-hydrogen) atoms. The topological polar surface area (TPSA) is 71.9 Å². The fraction of sp³-hybridized carbons (Fsp3) is 0.333. The molecule has 0 saturated heterocycles. The molecule has 4 rings (SSSR count). The Bertz CT molecular complexity index is 1790. The van der Waals surface area contributed by atoms with Crippen LogP contribution < -0.4 is 14.4 Å². The van der Waals surface area contributed by atoms with Gasteiger partial charge in [-0.2, -0.15) is 39.5 Å². The van der Waals surface area contributed by atoms with Crippen LogP contribution in [-0.4, -0.2) is 29.8 Å². The minimum atomic E-state index is -5.13. The number of aliphatic carboxylic acids is 1. The van der Waals surface area contributed by atoms with Crippen LogP contribution in [0.1, 0.15) is 66.0 Å². The highest BCUT2D eigenvalue weighted by atomic mass is 19.4. The Labute approximate surface area is 287 Å². The van der Waals surface area contributed by atoms with Gasteiger partial charge in [0.05, 0.1) is 36.6 Å². The van der Waals surface area contributed by atoms with Gasteiger partial charge in [0.2, 0.25) is 0 Å². The first-order valence-electron chi connectivity index (χ1n) is 15.5. The highest BCUT2D eigenvalue weighted by Gasteiger charge is 2.37. The summed E-state index contributed by atoms with van der Waals surface area (Å²) < 4.78 is 136. The molecular weight excluding hydrogens is 695 g/mol. The van der Waals surface area contributed by atoms with Crippen molar-refractivity contribution in [2.24, 2.45) is 0 Å². The van der Waals surface area contributed by atoms with Gasteiger partial charge in [-0.3, -0.25) is 4.79 Å². The molecule has 0 bridgehead atoms. The molecule has 0 atom stereocenters. The number of carboxylic acids is 1. The number of nitrogens with zero attached hydrogens (tertiary/aromatic N) is 2. The molecule has 0 aliphatic heterocycles. The second kappa shape index (κ2) is 15.5. The van der Waals surface area contributed by atoms with Crippen molar-refractivity contribution in [1.82, 2.24) is 4.98 Å². The standard InChI is InChI=1S/C36H33F9N2O4/c1-21(2)23-6-10-31(50-3)30(16-23)29-9-7-25(34(37,38)39)15-24(29)20-47(32-11-8-28(18-46-32)51-12-4-5-33(48)49)19-22-13-26(35(40,41)42)17-27(14-22)36(43,44)45/h6-11,13-18,21H,4-5,12,19-20H2,1-3H3,(H,48,49). The molecule has 15 heteroatoms. The van der Waals surface area contributed by atoms with Crippen LogP contribution in [0.3, 0.4) is 0 Å². The second-order valence-corrected chi connectivity index (χ2v) is 12.0. The summed E-state index contributed by atoms with van der Waals surface area (Å²) in [5.74, 6) is -0.528. The second-order valence-electron chi connectivity index (χ2n) is 12.0. The van der Waals surface area contributed by atoms with E-state index in [1.165, 1.54) is 36.4 Å². The van der Waals surface area contributed by atoms with Gasteiger partial charge in [-0.05, 0) is 89.2 Å². The van der Waals surface area contributed by atoms with Crippen molar-refractivity contribution in [3.8, 4) is 22.6 Å². The molecular formula is C36H33F9N2O4. The molecule has 0 aliphatic rings. The number of aromatic nitrogens is 1. The Morgan fingerprint density at radius 3 is 1.96 bits per heavy atom. The number of ether oxygens (including phenoxy) is 2. The van der Waals surface area contributed by atoms with Crippen LogP contribution in [0.4, 0.5) is 45.3 Å². The van der Waals surface area contributed by atoms with Crippen LogP contribution in [0, 0.1) is 0 Å². The summed E-state index contributed by atoms with van der Waals surface area (Å²) in [5, 5.41) is 8.83. The molecule has 0 aliphatic carbocycles. The minimum absolute atomic E-state index is 0.00631. The van der Waals surface area contributed by atoms with E-state index in [4.69, 9.17) is 14.6 Å². The molecule has 6 nitrogen and oxygen atoms in total. The molecule has 3 aromatic carbocycles. The highest BCUT2D eigenvalue weighted by Crippen LogP contribution is 2.40. The molecule has 1 N–H and O–H groups in total.